The summed E-state index contributed by atoms with van der Waals surface area (Å²) in [6.07, 6.45) is 2.29. The van der Waals surface area contributed by atoms with Gasteiger partial charge in [0.05, 0.1) is 0 Å². The number of unbranched alkanes of at least 4 members (excludes halogenated alkanes) is 1. The molecule has 1 fully saturated rings. The Bertz CT molecular complexity index is 625. The van der Waals surface area contributed by atoms with Crippen molar-refractivity contribution < 1.29 is 17.6 Å². The van der Waals surface area contributed by atoms with E-state index in [0.717, 1.165) is 18.9 Å². The van der Waals surface area contributed by atoms with Crippen molar-refractivity contribution in [1.82, 2.24) is 9.21 Å². The molecule has 0 aromatic heterocycles. The SMILES string of the molecule is CCCCC(=O)N1CCN(S(=O)(=O)c2ccccc2F)CC1. The highest BCUT2D eigenvalue weighted by atomic mass is 32.2. The Morgan fingerprint density at radius 2 is 1.82 bits per heavy atom. The van der Waals surface area contributed by atoms with Gasteiger partial charge in [-0.25, -0.2) is 12.8 Å². The molecule has 0 radical (unpaired) electrons. The molecule has 22 heavy (non-hydrogen) atoms. The van der Waals surface area contributed by atoms with Crippen molar-refractivity contribution in [3.8, 4) is 0 Å². The van der Waals surface area contributed by atoms with Crippen molar-refractivity contribution in [2.24, 2.45) is 0 Å². The third-order valence-electron chi connectivity index (χ3n) is 3.79. The summed E-state index contributed by atoms with van der Waals surface area (Å²) in [7, 11) is -3.84. The van der Waals surface area contributed by atoms with E-state index >= 15 is 0 Å². The number of nitrogens with zero attached hydrogens (tertiary/aromatic N) is 2. The highest BCUT2D eigenvalue weighted by Crippen LogP contribution is 2.20. The molecule has 1 aliphatic heterocycles. The average molecular weight is 328 g/mol. The van der Waals surface area contributed by atoms with Crippen LogP contribution in [0.5, 0.6) is 0 Å². The standard InChI is InChI=1S/C15H21FN2O3S/c1-2-3-8-15(19)17-9-11-18(12-10-17)22(20,21)14-7-5-4-6-13(14)16/h4-7H,2-3,8-12H2,1H3. The zero-order valence-corrected chi connectivity index (χ0v) is 13.5. The maximum atomic E-state index is 13.7. The van der Waals surface area contributed by atoms with E-state index in [1.807, 2.05) is 6.92 Å². The molecule has 1 aromatic rings. The second-order valence-corrected chi connectivity index (χ2v) is 7.23. The number of hydrogen-bond acceptors (Lipinski definition) is 3. The maximum absolute atomic E-state index is 13.7. The van der Waals surface area contributed by atoms with E-state index in [9.17, 15) is 17.6 Å². The van der Waals surface area contributed by atoms with E-state index in [1.54, 1.807) is 4.90 Å². The molecule has 0 saturated carbocycles. The quantitative estimate of drug-likeness (QED) is 0.829. The summed E-state index contributed by atoms with van der Waals surface area (Å²) >= 11 is 0. The highest BCUT2D eigenvalue weighted by Gasteiger charge is 2.31. The number of benzene rings is 1. The molecule has 1 aliphatic rings. The number of sulfonamides is 1. The molecule has 0 spiro atoms. The van der Waals surface area contributed by atoms with E-state index in [1.165, 1.54) is 22.5 Å². The number of rotatable bonds is 5. The summed E-state index contributed by atoms with van der Waals surface area (Å²) in [5.41, 5.74) is 0. The molecular formula is C15H21FN2O3S. The van der Waals surface area contributed by atoms with Crippen LogP contribution in [0.4, 0.5) is 4.39 Å². The summed E-state index contributed by atoms with van der Waals surface area (Å²) in [5.74, 6) is -0.686. The lowest BCUT2D eigenvalue weighted by Gasteiger charge is -2.34. The van der Waals surface area contributed by atoms with Crippen molar-refractivity contribution in [1.29, 1.82) is 0 Å². The molecule has 0 N–H and O–H groups in total. The molecule has 0 unspecified atom stereocenters. The van der Waals surface area contributed by atoms with Gasteiger partial charge < -0.3 is 4.90 Å². The molecule has 0 atom stereocenters. The molecular weight excluding hydrogens is 307 g/mol. The van der Waals surface area contributed by atoms with Gasteiger partial charge >= 0.3 is 0 Å². The highest BCUT2D eigenvalue weighted by molar-refractivity contribution is 7.89. The smallest absolute Gasteiger partial charge is 0.246 e. The largest absolute Gasteiger partial charge is 0.340 e. The normalized spacial score (nSPS) is 16.7. The Balaban J connectivity index is 2.02. The second-order valence-electron chi connectivity index (χ2n) is 5.32. The predicted octanol–water partition coefficient (Wildman–Crippen LogP) is 1.85. The Kier molecular flexibility index (Phi) is 5.52. The monoisotopic (exact) mass is 328 g/mol. The van der Waals surface area contributed by atoms with Gasteiger partial charge in [-0.15, -0.1) is 0 Å². The van der Waals surface area contributed by atoms with Crippen molar-refractivity contribution in [3.05, 3.63) is 30.1 Å². The molecule has 1 heterocycles. The summed E-state index contributed by atoms with van der Waals surface area (Å²) in [6.45, 7) is 3.14. The first-order valence-corrected chi connectivity index (χ1v) is 8.93. The van der Waals surface area contributed by atoms with Gasteiger partial charge in [0.25, 0.3) is 0 Å². The summed E-state index contributed by atoms with van der Waals surface area (Å²) in [6, 6.07) is 5.36. The molecule has 1 saturated heterocycles. The van der Waals surface area contributed by atoms with Crippen LogP contribution >= 0.6 is 0 Å². The van der Waals surface area contributed by atoms with Crippen LogP contribution in [-0.4, -0.2) is 49.7 Å². The van der Waals surface area contributed by atoms with E-state index < -0.39 is 15.8 Å². The first-order chi connectivity index (χ1) is 10.5. The minimum Gasteiger partial charge on any atom is -0.340 e. The van der Waals surface area contributed by atoms with Crippen LogP contribution in [0.2, 0.25) is 0 Å². The third kappa shape index (κ3) is 3.64. The third-order valence-corrected chi connectivity index (χ3v) is 5.72. The molecule has 0 bridgehead atoms. The van der Waals surface area contributed by atoms with Gasteiger partial charge in [-0.1, -0.05) is 25.5 Å². The topological polar surface area (TPSA) is 57.7 Å². The second kappa shape index (κ2) is 7.19. The van der Waals surface area contributed by atoms with Crippen LogP contribution in [0.3, 0.4) is 0 Å². The fraction of sp³-hybridized carbons (Fsp3) is 0.533. The number of halogens is 1. The molecule has 1 amide bonds. The number of carbonyl (C=O) groups is 1. The molecule has 5 nitrogen and oxygen atoms in total. The zero-order chi connectivity index (χ0) is 16.2. The Morgan fingerprint density at radius 3 is 2.41 bits per heavy atom. The minimum absolute atomic E-state index is 0.0600. The van der Waals surface area contributed by atoms with Crippen LogP contribution < -0.4 is 0 Å². The zero-order valence-electron chi connectivity index (χ0n) is 12.7. The van der Waals surface area contributed by atoms with Crippen LogP contribution in [-0.2, 0) is 14.8 Å². The van der Waals surface area contributed by atoms with Gasteiger partial charge in [-0.2, -0.15) is 4.31 Å². The molecule has 122 valence electrons. The first kappa shape index (κ1) is 16.9. The summed E-state index contributed by atoms with van der Waals surface area (Å²) in [4.78, 5) is 13.3. The van der Waals surface area contributed by atoms with Crippen LogP contribution in [0.1, 0.15) is 26.2 Å². The Labute approximate surface area is 130 Å². The van der Waals surface area contributed by atoms with Gasteiger partial charge in [-0.05, 0) is 18.6 Å². The minimum atomic E-state index is -3.84. The van der Waals surface area contributed by atoms with E-state index in [2.05, 4.69) is 0 Å². The molecule has 2 rings (SSSR count). The van der Waals surface area contributed by atoms with E-state index in [0.29, 0.717) is 19.5 Å². The van der Waals surface area contributed by atoms with E-state index in [4.69, 9.17) is 0 Å². The molecule has 1 aromatic carbocycles. The number of amides is 1. The van der Waals surface area contributed by atoms with Gasteiger partial charge in [0.2, 0.25) is 15.9 Å². The predicted molar refractivity (Wildman–Crippen MR) is 81.3 cm³/mol. The van der Waals surface area contributed by atoms with Gasteiger partial charge in [0, 0.05) is 32.6 Å². The van der Waals surface area contributed by atoms with Gasteiger partial charge in [0.15, 0.2) is 0 Å². The summed E-state index contributed by atoms with van der Waals surface area (Å²) < 4.78 is 39.8. The van der Waals surface area contributed by atoms with Gasteiger partial charge in [-0.3, -0.25) is 4.79 Å². The van der Waals surface area contributed by atoms with Crippen molar-refractivity contribution in [3.63, 3.8) is 0 Å². The number of piperazine rings is 1. The first-order valence-electron chi connectivity index (χ1n) is 7.49. The fourth-order valence-electron chi connectivity index (χ4n) is 2.46. The summed E-state index contributed by atoms with van der Waals surface area (Å²) in [5, 5.41) is 0. The lowest BCUT2D eigenvalue weighted by molar-refractivity contribution is -0.132. The average Bonchev–Trinajstić information content (AvgIpc) is 2.53. The van der Waals surface area contributed by atoms with E-state index in [-0.39, 0.29) is 23.9 Å². The van der Waals surface area contributed by atoms with Crippen molar-refractivity contribution >= 4 is 15.9 Å². The Hall–Kier alpha value is -1.47. The fourth-order valence-corrected chi connectivity index (χ4v) is 3.94. The van der Waals surface area contributed by atoms with Crippen LogP contribution in [0.15, 0.2) is 29.2 Å². The maximum Gasteiger partial charge on any atom is 0.246 e. The molecule has 0 aliphatic carbocycles. The van der Waals surface area contributed by atoms with Crippen molar-refractivity contribution in [2.75, 3.05) is 26.2 Å². The van der Waals surface area contributed by atoms with Crippen LogP contribution in [0, 0.1) is 5.82 Å². The lowest BCUT2D eigenvalue weighted by Crippen LogP contribution is -2.50. The van der Waals surface area contributed by atoms with Gasteiger partial charge in [0.1, 0.15) is 10.7 Å². The number of hydrogen-bond donors (Lipinski definition) is 0. The molecule has 7 heteroatoms. The Morgan fingerprint density at radius 1 is 1.18 bits per heavy atom. The van der Waals surface area contributed by atoms with Crippen molar-refractivity contribution in [2.45, 2.75) is 31.1 Å². The number of carbonyl (C=O) groups excluding carboxylic acids is 1. The lowest BCUT2D eigenvalue weighted by atomic mass is 10.2. The van der Waals surface area contributed by atoms with Crippen LogP contribution in [0.25, 0.3) is 0 Å².